The fourth-order valence-electron chi connectivity index (χ4n) is 2.45. The second-order valence-electron chi connectivity index (χ2n) is 5.33. The molecule has 0 spiro atoms. The number of carbonyl (C=O) groups excluding carboxylic acids is 1. The van der Waals surface area contributed by atoms with Crippen LogP contribution in [0.3, 0.4) is 0 Å². The van der Waals surface area contributed by atoms with Gasteiger partial charge in [0.25, 0.3) is 0 Å². The summed E-state index contributed by atoms with van der Waals surface area (Å²) in [7, 11) is 0. The van der Waals surface area contributed by atoms with Crippen LogP contribution in [0.2, 0.25) is 0 Å². The van der Waals surface area contributed by atoms with Gasteiger partial charge in [0.2, 0.25) is 0 Å². The Balaban J connectivity index is 2.61. The second kappa shape index (κ2) is 6.91. The number of hydrogen-bond acceptors (Lipinski definition) is 3. The van der Waals surface area contributed by atoms with Gasteiger partial charge in [-0.25, -0.2) is 4.79 Å². The van der Waals surface area contributed by atoms with E-state index in [0.29, 0.717) is 23.7 Å². The Hall–Kier alpha value is -2.60. The van der Waals surface area contributed by atoms with Crippen LogP contribution in [-0.2, 0) is 4.74 Å². The smallest absolute Gasteiger partial charge is 0.338 e. The average molecular weight is 293 g/mol. The van der Waals surface area contributed by atoms with Crippen LogP contribution in [0.5, 0.6) is 0 Å². The molecule has 0 amide bonds. The molecule has 0 aliphatic heterocycles. The average Bonchev–Trinajstić information content (AvgIpc) is 2.54. The molecule has 2 aromatic carbocycles. The molecule has 0 heterocycles. The molecule has 0 radical (unpaired) electrons. The lowest BCUT2D eigenvalue weighted by atomic mass is 9.89. The van der Waals surface area contributed by atoms with E-state index in [-0.39, 0.29) is 5.97 Å². The van der Waals surface area contributed by atoms with E-state index in [0.717, 1.165) is 16.7 Å². The van der Waals surface area contributed by atoms with Crippen LogP contribution in [0.15, 0.2) is 42.5 Å². The molecular weight excluding hydrogens is 274 g/mol. The number of nitriles is 1. The molecule has 0 N–H and O–H groups in total. The number of hydrogen-bond donors (Lipinski definition) is 0. The molecule has 0 saturated heterocycles. The zero-order valence-electron chi connectivity index (χ0n) is 13.1. The van der Waals surface area contributed by atoms with Crippen LogP contribution >= 0.6 is 0 Å². The summed E-state index contributed by atoms with van der Waals surface area (Å²) >= 11 is 0. The zero-order valence-corrected chi connectivity index (χ0v) is 13.1. The third kappa shape index (κ3) is 3.17. The Labute approximate surface area is 131 Å². The van der Waals surface area contributed by atoms with Gasteiger partial charge in [-0.2, -0.15) is 5.26 Å². The van der Waals surface area contributed by atoms with Gasteiger partial charge in [0.1, 0.15) is 0 Å². The summed E-state index contributed by atoms with van der Waals surface area (Å²) in [4.78, 5) is 11.9. The van der Waals surface area contributed by atoms with Crippen molar-refractivity contribution in [2.45, 2.75) is 26.7 Å². The molecule has 0 fully saturated rings. The van der Waals surface area contributed by atoms with Gasteiger partial charge in [-0.05, 0) is 42.2 Å². The van der Waals surface area contributed by atoms with Crippen LogP contribution < -0.4 is 0 Å². The lowest BCUT2D eigenvalue weighted by molar-refractivity contribution is 0.0526. The largest absolute Gasteiger partial charge is 0.462 e. The minimum Gasteiger partial charge on any atom is -0.462 e. The van der Waals surface area contributed by atoms with E-state index < -0.39 is 0 Å². The van der Waals surface area contributed by atoms with E-state index >= 15 is 0 Å². The first-order valence-electron chi connectivity index (χ1n) is 7.39. The third-order valence-electron chi connectivity index (χ3n) is 3.52. The van der Waals surface area contributed by atoms with Crippen molar-refractivity contribution < 1.29 is 9.53 Å². The van der Waals surface area contributed by atoms with Crippen molar-refractivity contribution in [1.29, 1.82) is 5.26 Å². The fourth-order valence-corrected chi connectivity index (χ4v) is 2.45. The summed E-state index contributed by atoms with van der Waals surface area (Å²) in [6.07, 6.45) is 0. The summed E-state index contributed by atoms with van der Waals surface area (Å²) in [5, 5.41) is 9.38. The SMILES string of the molecule is CCOC(=O)c1ccc(C#N)c(-c2ccccc2C(C)C)c1. The van der Waals surface area contributed by atoms with Gasteiger partial charge in [0, 0.05) is 5.56 Å². The second-order valence-corrected chi connectivity index (χ2v) is 5.33. The number of carbonyl (C=O) groups is 1. The quantitative estimate of drug-likeness (QED) is 0.778. The van der Waals surface area contributed by atoms with Crippen LogP contribution in [0.1, 0.15) is 48.2 Å². The standard InChI is InChI=1S/C19H19NO2/c1-4-22-19(21)14-9-10-15(12-20)18(11-14)17-8-6-5-7-16(17)13(2)3/h5-11,13H,4H2,1-3H3. The predicted molar refractivity (Wildman–Crippen MR) is 86.6 cm³/mol. The number of benzene rings is 2. The van der Waals surface area contributed by atoms with E-state index in [9.17, 15) is 10.1 Å². The van der Waals surface area contributed by atoms with Gasteiger partial charge >= 0.3 is 5.97 Å². The van der Waals surface area contributed by atoms with Crippen molar-refractivity contribution in [3.05, 3.63) is 59.2 Å². The van der Waals surface area contributed by atoms with Crippen LogP contribution in [-0.4, -0.2) is 12.6 Å². The van der Waals surface area contributed by atoms with E-state index in [1.54, 1.807) is 25.1 Å². The number of ether oxygens (including phenoxy) is 1. The minimum atomic E-state index is -0.365. The molecule has 0 aliphatic carbocycles. The topological polar surface area (TPSA) is 50.1 Å². The van der Waals surface area contributed by atoms with E-state index in [1.165, 1.54) is 0 Å². The lowest BCUT2D eigenvalue weighted by Crippen LogP contribution is -2.05. The first-order chi connectivity index (χ1) is 10.6. The van der Waals surface area contributed by atoms with Gasteiger partial charge in [0.05, 0.1) is 23.8 Å². The highest BCUT2D eigenvalue weighted by Gasteiger charge is 2.15. The van der Waals surface area contributed by atoms with Gasteiger partial charge in [-0.15, -0.1) is 0 Å². The number of esters is 1. The highest BCUT2D eigenvalue weighted by Crippen LogP contribution is 2.32. The Morgan fingerprint density at radius 2 is 1.91 bits per heavy atom. The maximum atomic E-state index is 11.9. The van der Waals surface area contributed by atoms with Gasteiger partial charge < -0.3 is 4.74 Å². The molecule has 112 valence electrons. The normalized spacial score (nSPS) is 10.3. The monoisotopic (exact) mass is 293 g/mol. The molecule has 2 aromatic rings. The Kier molecular flexibility index (Phi) is 4.95. The lowest BCUT2D eigenvalue weighted by Gasteiger charge is -2.14. The van der Waals surface area contributed by atoms with Crippen molar-refractivity contribution in [3.8, 4) is 17.2 Å². The van der Waals surface area contributed by atoms with Crippen molar-refractivity contribution >= 4 is 5.97 Å². The number of rotatable bonds is 4. The third-order valence-corrected chi connectivity index (χ3v) is 3.52. The van der Waals surface area contributed by atoms with E-state index in [2.05, 4.69) is 26.0 Å². The Bertz CT molecular complexity index is 726. The maximum Gasteiger partial charge on any atom is 0.338 e. The number of nitrogens with zero attached hydrogens (tertiary/aromatic N) is 1. The van der Waals surface area contributed by atoms with Crippen molar-refractivity contribution in [2.75, 3.05) is 6.61 Å². The van der Waals surface area contributed by atoms with Gasteiger partial charge in [-0.1, -0.05) is 38.1 Å². The first-order valence-corrected chi connectivity index (χ1v) is 7.39. The molecule has 2 rings (SSSR count). The molecule has 0 unspecified atom stereocenters. The Morgan fingerprint density at radius 1 is 1.18 bits per heavy atom. The van der Waals surface area contributed by atoms with Crippen LogP contribution in [0, 0.1) is 11.3 Å². The summed E-state index contributed by atoms with van der Waals surface area (Å²) < 4.78 is 5.05. The molecule has 0 atom stereocenters. The summed E-state index contributed by atoms with van der Waals surface area (Å²) in [6.45, 7) is 6.33. The minimum absolute atomic E-state index is 0.328. The molecular formula is C19H19NO2. The van der Waals surface area contributed by atoms with E-state index in [1.807, 2.05) is 18.2 Å². The first kappa shape index (κ1) is 15.8. The predicted octanol–water partition coefficient (Wildman–Crippen LogP) is 4.53. The summed E-state index contributed by atoms with van der Waals surface area (Å²) in [5.41, 5.74) is 3.94. The van der Waals surface area contributed by atoms with Gasteiger partial charge in [0.15, 0.2) is 0 Å². The van der Waals surface area contributed by atoms with Crippen molar-refractivity contribution in [2.24, 2.45) is 0 Å². The van der Waals surface area contributed by atoms with Crippen LogP contribution in [0.25, 0.3) is 11.1 Å². The molecule has 0 saturated carbocycles. The van der Waals surface area contributed by atoms with E-state index in [4.69, 9.17) is 4.74 Å². The highest BCUT2D eigenvalue weighted by atomic mass is 16.5. The molecule has 0 aliphatic rings. The molecule has 0 bridgehead atoms. The fraction of sp³-hybridized carbons (Fsp3) is 0.263. The Morgan fingerprint density at radius 3 is 2.55 bits per heavy atom. The van der Waals surface area contributed by atoms with Crippen molar-refractivity contribution in [1.82, 2.24) is 0 Å². The zero-order chi connectivity index (χ0) is 16.1. The van der Waals surface area contributed by atoms with Crippen LogP contribution in [0.4, 0.5) is 0 Å². The highest BCUT2D eigenvalue weighted by molar-refractivity contribution is 5.92. The molecule has 3 nitrogen and oxygen atoms in total. The maximum absolute atomic E-state index is 11.9. The molecule has 0 aromatic heterocycles. The van der Waals surface area contributed by atoms with Crippen molar-refractivity contribution in [3.63, 3.8) is 0 Å². The van der Waals surface area contributed by atoms with Gasteiger partial charge in [-0.3, -0.25) is 0 Å². The molecule has 22 heavy (non-hydrogen) atoms. The summed E-state index contributed by atoms with van der Waals surface area (Å²) in [6, 6.07) is 15.2. The molecule has 3 heteroatoms. The summed E-state index contributed by atoms with van der Waals surface area (Å²) in [5.74, 6) is -0.0377.